The molecule has 0 bridgehead atoms. The van der Waals surface area contributed by atoms with E-state index in [2.05, 4.69) is 34.1 Å². The first kappa shape index (κ1) is 50.8. The lowest BCUT2D eigenvalue weighted by Crippen LogP contribution is -2.16. The van der Waals surface area contributed by atoms with Crippen LogP contribution in [0.4, 0.5) is 28.4 Å². The van der Waals surface area contributed by atoms with E-state index in [0.717, 1.165) is 37.4 Å². The van der Waals surface area contributed by atoms with E-state index in [1.54, 1.807) is 0 Å². The minimum absolute atomic E-state index is 0.202. The molecule has 35 heteroatoms. The van der Waals surface area contributed by atoms with Gasteiger partial charge in [0.2, 0.25) is 0 Å². The molecule has 0 saturated heterocycles. The standard InChI is InChI=1S/C28H29N5O23S7/c1-54-28-18-4-7-22(29-15-59(39,40)41)26(32-31-21-6-3-17(13-24(21)60(42,43)44)58(37,38)11-9-56-63(51,52)53)19(18)14-25(61(45,46)47)27(28)33-30-20-5-2-16(12-23(20)34)57(35,36)10-8-55-62(48,49)50/h2-7,12-14,29,34H,8-11,15H2,1H3,(H,39,40,41)(H,42,43,44)(H,45,46,47)(H,48,49,50)(H,51,52,53)/b32-31+,33-30+. The Hall–Kier alpha value is -4.89. The number of ether oxygens (including phenoxy) is 1. The summed E-state index contributed by atoms with van der Waals surface area (Å²) in [5.41, 5.74) is -3.15. The van der Waals surface area contributed by atoms with E-state index in [1.807, 2.05) is 0 Å². The molecular formula is C28H29N5O23S7. The van der Waals surface area contributed by atoms with E-state index in [0.29, 0.717) is 24.3 Å². The quantitative estimate of drug-likeness (QED) is 0.0493. The summed E-state index contributed by atoms with van der Waals surface area (Å²) in [6, 6.07) is 7.06. The van der Waals surface area contributed by atoms with Gasteiger partial charge in [-0.05, 0) is 48.5 Å². The van der Waals surface area contributed by atoms with Crippen molar-refractivity contribution in [2.24, 2.45) is 20.5 Å². The summed E-state index contributed by atoms with van der Waals surface area (Å²) >= 11 is 0. The zero-order chi connectivity index (χ0) is 47.6. The van der Waals surface area contributed by atoms with Gasteiger partial charge in [0.25, 0.3) is 30.4 Å². The number of fused-ring (bicyclic) bond motifs is 1. The first-order valence-electron chi connectivity index (χ1n) is 16.0. The highest BCUT2D eigenvalue weighted by molar-refractivity contribution is 7.92. The first-order valence-corrected chi connectivity index (χ1v) is 26.6. The normalized spacial score (nSPS) is 13.6. The van der Waals surface area contributed by atoms with Gasteiger partial charge in [0.05, 0.1) is 47.3 Å². The second-order valence-corrected chi connectivity index (χ2v) is 22.6. The second kappa shape index (κ2) is 18.7. The van der Waals surface area contributed by atoms with E-state index in [1.165, 1.54) is 0 Å². The highest BCUT2D eigenvalue weighted by Crippen LogP contribution is 2.47. The van der Waals surface area contributed by atoms with Crippen molar-refractivity contribution in [2.75, 3.05) is 43.0 Å². The lowest BCUT2D eigenvalue weighted by molar-refractivity contribution is 0.282. The number of nitrogens with zero attached hydrogens (tertiary/aromatic N) is 4. The number of azo groups is 2. The third-order valence-electron chi connectivity index (χ3n) is 7.67. The Bertz CT molecular complexity index is 3340. The van der Waals surface area contributed by atoms with Gasteiger partial charge >= 0.3 is 20.8 Å². The molecule has 4 rings (SSSR count). The molecule has 0 heterocycles. The van der Waals surface area contributed by atoms with Crippen LogP contribution in [0.1, 0.15) is 0 Å². The zero-order valence-electron chi connectivity index (χ0n) is 31.0. The fourth-order valence-electron chi connectivity index (χ4n) is 5.01. The summed E-state index contributed by atoms with van der Waals surface area (Å²) in [6.45, 7) is -2.12. The number of aromatic hydroxyl groups is 1. The van der Waals surface area contributed by atoms with Crippen molar-refractivity contribution in [1.29, 1.82) is 0 Å². The van der Waals surface area contributed by atoms with E-state index >= 15 is 0 Å². The van der Waals surface area contributed by atoms with Gasteiger partial charge in [0.1, 0.15) is 44.2 Å². The molecule has 0 aromatic heterocycles. The number of hydrogen-bond acceptors (Lipinski definition) is 23. The van der Waals surface area contributed by atoms with Crippen molar-refractivity contribution >= 4 is 110 Å². The summed E-state index contributed by atoms with van der Waals surface area (Å²) < 4.78 is 228. The Morgan fingerprint density at radius 1 is 0.556 bits per heavy atom. The summed E-state index contributed by atoms with van der Waals surface area (Å²) in [5.74, 6) is -4.78. The van der Waals surface area contributed by atoms with Crippen molar-refractivity contribution in [3.63, 3.8) is 0 Å². The zero-order valence-corrected chi connectivity index (χ0v) is 36.7. The third kappa shape index (κ3) is 13.8. The van der Waals surface area contributed by atoms with Crippen LogP contribution in [-0.2, 0) is 79.2 Å². The molecule has 0 radical (unpaired) electrons. The minimum Gasteiger partial charge on any atom is -0.506 e. The Morgan fingerprint density at radius 2 is 1.05 bits per heavy atom. The van der Waals surface area contributed by atoms with Gasteiger partial charge in [0, 0.05) is 16.8 Å². The molecule has 0 aliphatic carbocycles. The van der Waals surface area contributed by atoms with Gasteiger partial charge in [-0.15, -0.1) is 20.5 Å². The molecule has 4 aromatic rings. The molecule has 0 saturated carbocycles. The van der Waals surface area contributed by atoms with Crippen LogP contribution in [0.5, 0.6) is 11.5 Å². The number of rotatable bonds is 20. The van der Waals surface area contributed by atoms with Crippen molar-refractivity contribution in [2.45, 2.75) is 19.6 Å². The number of anilines is 1. The molecule has 0 spiro atoms. The lowest BCUT2D eigenvalue weighted by atomic mass is 10.0. The SMILES string of the molecule is COc1c(/N=N/c2ccc(S(=O)(=O)CCOS(=O)(=O)O)cc2O)c(S(=O)(=O)O)cc2c(/N=N/c3ccc(S(=O)(=O)CCOS(=O)(=O)O)cc3S(=O)(=O)O)c(NCS(=O)(=O)O)ccc12. The van der Waals surface area contributed by atoms with Crippen LogP contribution < -0.4 is 10.1 Å². The Morgan fingerprint density at radius 3 is 1.52 bits per heavy atom. The molecule has 0 amide bonds. The summed E-state index contributed by atoms with van der Waals surface area (Å²) in [6.07, 6.45) is 0. The Kier molecular flexibility index (Phi) is 15.0. The predicted molar refractivity (Wildman–Crippen MR) is 212 cm³/mol. The molecule has 0 atom stereocenters. The van der Waals surface area contributed by atoms with Gasteiger partial charge < -0.3 is 15.2 Å². The van der Waals surface area contributed by atoms with Crippen LogP contribution in [0, 0.1) is 0 Å². The highest BCUT2D eigenvalue weighted by atomic mass is 32.3. The van der Waals surface area contributed by atoms with Crippen molar-refractivity contribution < 1.29 is 99.9 Å². The Labute approximate surface area is 357 Å². The molecule has 7 N–H and O–H groups in total. The second-order valence-electron chi connectivity index (χ2n) is 12.0. The molecule has 0 aliphatic rings. The molecule has 63 heavy (non-hydrogen) atoms. The lowest BCUT2D eigenvalue weighted by Gasteiger charge is -2.16. The third-order valence-corrected chi connectivity index (χ3v) is 14.2. The van der Waals surface area contributed by atoms with E-state index in [9.17, 15) is 77.7 Å². The molecule has 28 nitrogen and oxygen atoms in total. The van der Waals surface area contributed by atoms with Crippen LogP contribution in [0.3, 0.4) is 0 Å². The number of phenols is 1. The van der Waals surface area contributed by atoms with Crippen LogP contribution >= 0.6 is 0 Å². The summed E-state index contributed by atoms with van der Waals surface area (Å²) in [4.78, 5) is -3.79. The van der Waals surface area contributed by atoms with E-state index in [-0.39, 0.29) is 5.39 Å². The van der Waals surface area contributed by atoms with Crippen LogP contribution in [0.15, 0.2) is 94.6 Å². The molecule has 0 aliphatic heterocycles. The molecular weight excluding hydrogens is 999 g/mol. The van der Waals surface area contributed by atoms with Gasteiger partial charge in [-0.3, -0.25) is 22.8 Å². The first-order chi connectivity index (χ1) is 28.7. The number of sulfone groups is 2. The average Bonchev–Trinajstić information content (AvgIpc) is 3.12. The van der Waals surface area contributed by atoms with Crippen molar-refractivity contribution in [3.05, 3.63) is 54.6 Å². The average molecular weight is 1030 g/mol. The van der Waals surface area contributed by atoms with E-state index < -0.39 is 166 Å². The summed E-state index contributed by atoms with van der Waals surface area (Å²) in [7, 11) is -33.6. The molecule has 0 unspecified atom stereocenters. The smallest absolute Gasteiger partial charge is 0.397 e. The monoisotopic (exact) mass is 1030 g/mol. The fourth-order valence-corrected chi connectivity index (χ4v) is 9.73. The van der Waals surface area contributed by atoms with Gasteiger partial charge in [-0.1, -0.05) is 0 Å². The molecule has 0 fully saturated rings. The number of nitrogens with one attached hydrogen (secondary N) is 1. The van der Waals surface area contributed by atoms with Gasteiger partial charge in [-0.25, -0.2) is 25.2 Å². The highest BCUT2D eigenvalue weighted by Gasteiger charge is 2.27. The van der Waals surface area contributed by atoms with Gasteiger partial charge in [0.15, 0.2) is 25.4 Å². The van der Waals surface area contributed by atoms with Crippen molar-refractivity contribution in [3.8, 4) is 11.5 Å². The number of phenolic OH excluding ortho intramolecular Hbond substituents is 1. The molecule has 346 valence electrons. The van der Waals surface area contributed by atoms with E-state index in [4.69, 9.17) is 13.8 Å². The molecule has 4 aromatic carbocycles. The van der Waals surface area contributed by atoms with Crippen LogP contribution in [0.25, 0.3) is 10.8 Å². The Balaban J connectivity index is 1.91. The van der Waals surface area contributed by atoms with Crippen LogP contribution in [0.2, 0.25) is 0 Å². The largest absolute Gasteiger partial charge is 0.506 e. The predicted octanol–water partition coefficient (Wildman–Crippen LogP) is 2.32. The summed E-state index contributed by atoms with van der Waals surface area (Å²) in [5, 5.41) is 27.2. The number of hydrogen-bond donors (Lipinski definition) is 7. The maximum atomic E-state index is 12.8. The van der Waals surface area contributed by atoms with Crippen LogP contribution in [-0.4, -0.2) is 125 Å². The fraction of sp³-hybridized carbons (Fsp3) is 0.214. The topological polar surface area (TPSA) is 450 Å². The van der Waals surface area contributed by atoms with Crippen molar-refractivity contribution in [1.82, 2.24) is 0 Å². The minimum atomic E-state index is -5.41. The number of benzene rings is 4. The number of methoxy groups -OCH3 is 1. The maximum Gasteiger partial charge on any atom is 0.397 e. The maximum absolute atomic E-state index is 12.8. The van der Waals surface area contributed by atoms with Gasteiger partial charge in [-0.2, -0.15) is 42.1 Å².